The zero-order valence-corrected chi connectivity index (χ0v) is 16.7. The third kappa shape index (κ3) is 4.16. The summed E-state index contributed by atoms with van der Waals surface area (Å²) in [5.74, 6) is 0.0545. The molecule has 27 heavy (non-hydrogen) atoms. The molecule has 4 aromatic rings. The fourth-order valence-corrected chi connectivity index (χ4v) is 2.66. The molecule has 2 heterocycles. The summed E-state index contributed by atoms with van der Waals surface area (Å²) >= 11 is 0. The minimum atomic E-state index is -0.986. The maximum atomic E-state index is 11.3. The third-order valence-electron chi connectivity index (χ3n) is 3.97. The summed E-state index contributed by atoms with van der Waals surface area (Å²) < 4.78 is 1.71. The summed E-state index contributed by atoms with van der Waals surface area (Å²) in [5.41, 5.74) is 1.95. The molecule has 0 bridgehead atoms. The molecule has 0 unspecified atom stereocenters. The molecular formula is C19H15N5NaO2+. The molecule has 0 aliphatic carbocycles. The molecule has 0 spiro atoms. The molecule has 0 aliphatic rings. The number of aromatic nitrogens is 4. The molecule has 0 fully saturated rings. The van der Waals surface area contributed by atoms with Gasteiger partial charge in [-0.1, -0.05) is 30.3 Å². The Morgan fingerprint density at radius 3 is 2.63 bits per heavy atom. The van der Waals surface area contributed by atoms with E-state index in [-0.39, 0.29) is 35.1 Å². The monoisotopic (exact) mass is 368 g/mol. The first kappa shape index (κ1) is 19.0. The van der Waals surface area contributed by atoms with Crippen LogP contribution in [0.15, 0.2) is 67.3 Å². The molecule has 2 aromatic heterocycles. The molecule has 8 heteroatoms. The Morgan fingerprint density at radius 1 is 1.11 bits per heavy atom. The van der Waals surface area contributed by atoms with Crippen LogP contribution >= 0.6 is 0 Å². The van der Waals surface area contributed by atoms with Crippen molar-refractivity contribution in [1.29, 1.82) is 0 Å². The molecule has 2 aromatic carbocycles. The smallest absolute Gasteiger partial charge is 0.478 e. The molecule has 0 radical (unpaired) electrons. The number of fused-ring (bicyclic) bond motifs is 1. The average molecular weight is 368 g/mol. The first-order valence-electron chi connectivity index (χ1n) is 8.02. The maximum absolute atomic E-state index is 11.3. The molecule has 0 amide bonds. The van der Waals surface area contributed by atoms with Crippen LogP contribution in [0.4, 0.5) is 5.82 Å². The van der Waals surface area contributed by atoms with E-state index in [1.165, 1.54) is 6.07 Å². The van der Waals surface area contributed by atoms with E-state index in [1.54, 1.807) is 35.4 Å². The first-order valence-corrected chi connectivity index (χ1v) is 8.02. The first-order chi connectivity index (χ1) is 12.7. The number of aromatic carboxylic acids is 1. The van der Waals surface area contributed by atoms with Crippen molar-refractivity contribution in [1.82, 2.24) is 19.5 Å². The van der Waals surface area contributed by atoms with E-state index in [0.717, 1.165) is 5.56 Å². The van der Waals surface area contributed by atoms with Crippen molar-refractivity contribution >= 4 is 22.7 Å². The van der Waals surface area contributed by atoms with Crippen molar-refractivity contribution in [2.75, 3.05) is 5.32 Å². The van der Waals surface area contributed by atoms with Crippen LogP contribution in [0, 0.1) is 0 Å². The molecule has 0 aliphatic heterocycles. The number of anilines is 1. The van der Waals surface area contributed by atoms with Gasteiger partial charge in [0.2, 0.25) is 5.95 Å². The number of imidazole rings is 1. The molecular weight excluding hydrogens is 353 g/mol. The number of benzene rings is 2. The summed E-state index contributed by atoms with van der Waals surface area (Å²) in [6.07, 6.45) is 5.03. The fraction of sp³-hybridized carbons (Fsp3) is 0.0526. The van der Waals surface area contributed by atoms with Gasteiger partial charge in [0, 0.05) is 24.3 Å². The van der Waals surface area contributed by atoms with E-state index in [0.29, 0.717) is 29.2 Å². The predicted octanol–water partition coefficient (Wildman–Crippen LogP) is 0.130. The van der Waals surface area contributed by atoms with E-state index in [1.807, 2.05) is 30.3 Å². The Hall–Kier alpha value is -2.74. The van der Waals surface area contributed by atoms with Gasteiger partial charge >= 0.3 is 35.5 Å². The van der Waals surface area contributed by atoms with Gasteiger partial charge in [-0.3, -0.25) is 4.57 Å². The van der Waals surface area contributed by atoms with Gasteiger partial charge in [0.1, 0.15) is 12.1 Å². The predicted molar refractivity (Wildman–Crippen MR) is 97.4 cm³/mol. The number of hydrogen-bond donors (Lipinski definition) is 2. The number of carboxylic acid groups (broad SMARTS) is 1. The van der Waals surface area contributed by atoms with Gasteiger partial charge in [-0.05, 0) is 23.8 Å². The van der Waals surface area contributed by atoms with Crippen LogP contribution in [0.5, 0.6) is 0 Å². The molecule has 0 atom stereocenters. The van der Waals surface area contributed by atoms with Crippen LogP contribution < -0.4 is 34.9 Å². The second-order valence-electron chi connectivity index (χ2n) is 5.72. The summed E-state index contributed by atoms with van der Waals surface area (Å²) in [6.45, 7) is 0.563. The van der Waals surface area contributed by atoms with Gasteiger partial charge in [0.25, 0.3) is 0 Å². The van der Waals surface area contributed by atoms with Crippen molar-refractivity contribution < 1.29 is 39.5 Å². The normalized spacial score (nSPS) is 10.4. The summed E-state index contributed by atoms with van der Waals surface area (Å²) in [5, 5.41) is 13.2. The maximum Gasteiger partial charge on any atom is 1.00 e. The molecule has 0 saturated carbocycles. The molecule has 4 rings (SSSR count). The van der Waals surface area contributed by atoms with E-state index >= 15 is 0 Å². The Labute approximate surface area is 177 Å². The van der Waals surface area contributed by atoms with Crippen molar-refractivity contribution in [3.05, 3.63) is 78.4 Å². The minimum absolute atomic E-state index is 0. The van der Waals surface area contributed by atoms with Gasteiger partial charge in [0.15, 0.2) is 0 Å². The Bertz CT molecular complexity index is 1070. The summed E-state index contributed by atoms with van der Waals surface area (Å²) in [4.78, 5) is 24.4. The van der Waals surface area contributed by atoms with E-state index in [9.17, 15) is 9.90 Å². The third-order valence-corrected chi connectivity index (χ3v) is 3.97. The van der Waals surface area contributed by atoms with Gasteiger partial charge in [-0.2, -0.15) is 4.98 Å². The van der Waals surface area contributed by atoms with E-state index in [2.05, 4.69) is 20.3 Å². The van der Waals surface area contributed by atoms with Crippen molar-refractivity contribution in [2.45, 2.75) is 6.54 Å². The minimum Gasteiger partial charge on any atom is -0.478 e. The van der Waals surface area contributed by atoms with Gasteiger partial charge in [-0.25, -0.2) is 14.8 Å². The zero-order chi connectivity index (χ0) is 17.9. The number of carboxylic acids is 1. The zero-order valence-electron chi connectivity index (χ0n) is 14.7. The van der Waals surface area contributed by atoms with Crippen LogP contribution in [-0.2, 0) is 6.54 Å². The SMILES string of the molecule is O=C(O)c1ccc2nc(-n3ccnc3)nc(NCc3ccccc3)c2c1.[Na+]. The topological polar surface area (TPSA) is 92.9 Å². The van der Waals surface area contributed by atoms with E-state index < -0.39 is 5.97 Å². The fourth-order valence-electron chi connectivity index (χ4n) is 2.66. The largest absolute Gasteiger partial charge is 1.00 e. The Morgan fingerprint density at radius 2 is 1.93 bits per heavy atom. The quantitative estimate of drug-likeness (QED) is 0.487. The van der Waals surface area contributed by atoms with Crippen LogP contribution in [0.1, 0.15) is 15.9 Å². The summed E-state index contributed by atoms with van der Waals surface area (Å²) in [7, 11) is 0. The Balaban J connectivity index is 0.00000210. The average Bonchev–Trinajstić information content (AvgIpc) is 3.21. The molecule has 0 saturated heterocycles. The van der Waals surface area contributed by atoms with Gasteiger partial charge < -0.3 is 10.4 Å². The second kappa shape index (κ2) is 8.30. The van der Waals surface area contributed by atoms with Crippen molar-refractivity contribution in [3.63, 3.8) is 0 Å². The number of carbonyl (C=O) groups is 1. The molecule has 128 valence electrons. The second-order valence-corrected chi connectivity index (χ2v) is 5.72. The number of nitrogens with zero attached hydrogens (tertiary/aromatic N) is 4. The van der Waals surface area contributed by atoms with Crippen molar-refractivity contribution in [3.8, 4) is 5.95 Å². The van der Waals surface area contributed by atoms with Gasteiger partial charge in [-0.15, -0.1) is 0 Å². The van der Waals surface area contributed by atoms with Crippen LogP contribution in [0.25, 0.3) is 16.9 Å². The van der Waals surface area contributed by atoms with Crippen LogP contribution in [-0.4, -0.2) is 30.6 Å². The van der Waals surface area contributed by atoms with Gasteiger partial charge in [0.05, 0.1) is 11.1 Å². The Kier molecular flexibility index (Phi) is 5.85. The number of nitrogens with one attached hydrogen (secondary N) is 1. The number of hydrogen-bond acceptors (Lipinski definition) is 5. The molecule has 7 nitrogen and oxygen atoms in total. The van der Waals surface area contributed by atoms with E-state index in [4.69, 9.17) is 0 Å². The standard InChI is InChI=1S/C19H15N5O2.Na/c25-18(26)14-6-7-16-15(10-14)17(21-11-13-4-2-1-3-5-13)23-19(22-16)24-9-8-20-12-24;/h1-10,12H,11H2,(H,25,26)(H,21,22,23);/q;+1. The summed E-state index contributed by atoms with van der Waals surface area (Å²) in [6, 6.07) is 14.7. The van der Waals surface area contributed by atoms with Crippen molar-refractivity contribution in [2.24, 2.45) is 0 Å². The van der Waals surface area contributed by atoms with Crippen LogP contribution in [0.2, 0.25) is 0 Å². The molecule has 2 N–H and O–H groups in total. The number of rotatable bonds is 5. The van der Waals surface area contributed by atoms with Crippen LogP contribution in [0.3, 0.4) is 0 Å².